The Kier molecular flexibility index (Phi) is 9.83. The number of carboxylic acids is 1. The van der Waals surface area contributed by atoms with Gasteiger partial charge in [0, 0.05) is 12.6 Å². The molecule has 0 aromatic heterocycles. The number of carbonyl (C=O) groups is 1. The summed E-state index contributed by atoms with van der Waals surface area (Å²) in [6, 6.07) is 0.153. The number of carboxylic acid groups (broad SMARTS) is 1. The third-order valence-corrected chi connectivity index (χ3v) is 3.91. The molecule has 0 fully saturated rings. The molecule has 1 atom stereocenters. The molecular weight excluding hydrogens is 266 g/mol. The summed E-state index contributed by atoms with van der Waals surface area (Å²) >= 11 is 0. The zero-order valence-corrected chi connectivity index (χ0v) is 14.8. The number of likely N-dealkylation sites (N-methyl/N-ethyl adjacent to an activating group) is 1. The van der Waals surface area contributed by atoms with Crippen LogP contribution in [0, 0.1) is 0 Å². The van der Waals surface area contributed by atoms with E-state index in [-0.39, 0.29) is 6.04 Å². The minimum atomic E-state index is -0.890. The van der Waals surface area contributed by atoms with Gasteiger partial charge in [-0.05, 0) is 59.9 Å². The van der Waals surface area contributed by atoms with Crippen molar-refractivity contribution in [2.45, 2.75) is 59.5 Å². The zero-order chi connectivity index (χ0) is 16.5. The Morgan fingerprint density at radius 3 is 1.95 bits per heavy atom. The van der Waals surface area contributed by atoms with Crippen molar-refractivity contribution < 1.29 is 9.90 Å². The smallest absolute Gasteiger partial charge is 0.324 e. The molecule has 0 saturated carbocycles. The maximum absolute atomic E-state index is 11.6. The van der Waals surface area contributed by atoms with Crippen LogP contribution in [0.5, 0.6) is 0 Å². The second-order valence-electron chi connectivity index (χ2n) is 6.19. The molecule has 5 heteroatoms. The summed E-state index contributed by atoms with van der Waals surface area (Å²) in [7, 11) is 0. The molecule has 0 aromatic carbocycles. The lowest BCUT2D eigenvalue weighted by Gasteiger charge is -2.34. The minimum absolute atomic E-state index is 0.153. The van der Waals surface area contributed by atoms with Gasteiger partial charge in [-0.2, -0.15) is 0 Å². The topological polar surface area (TPSA) is 55.8 Å². The zero-order valence-electron chi connectivity index (χ0n) is 14.8. The Hall–Kier alpha value is -0.650. The van der Waals surface area contributed by atoms with Crippen LogP contribution in [0.1, 0.15) is 48.0 Å². The van der Waals surface area contributed by atoms with Crippen molar-refractivity contribution in [3.8, 4) is 0 Å². The Morgan fingerprint density at radius 1 is 1.10 bits per heavy atom. The molecular formula is C16H35N3O2. The average Bonchev–Trinajstić information content (AvgIpc) is 2.41. The van der Waals surface area contributed by atoms with Crippen LogP contribution in [0.4, 0.5) is 0 Å². The normalized spacial score (nSPS) is 14.9. The summed E-state index contributed by atoms with van der Waals surface area (Å²) in [4.78, 5) is 16.2. The first kappa shape index (κ1) is 20.3. The fourth-order valence-corrected chi connectivity index (χ4v) is 2.67. The fourth-order valence-electron chi connectivity index (χ4n) is 2.67. The van der Waals surface area contributed by atoms with Crippen molar-refractivity contribution in [3.63, 3.8) is 0 Å². The Labute approximate surface area is 130 Å². The molecule has 5 nitrogen and oxygen atoms in total. The van der Waals surface area contributed by atoms with Crippen molar-refractivity contribution in [3.05, 3.63) is 0 Å². The molecule has 0 bridgehead atoms. The van der Waals surface area contributed by atoms with Crippen LogP contribution in [-0.2, 0) is 4.79 Å². The van der Waals surface area contributed by atoms with Gasteiger partial charge in [0.25, 0.3) is 0 Å². The first-order chi connectivity index (χ1) is 9.78. The highest BCUT2D eigenvalue weighted by molar-refractivity contribution is 5.78. The van der Waals surface area contributed by atoms with Crippen molar-refractivity contribution in [2.24, 2.45) is 0 Å². The number of rotatable bonds is 12. The van der Waals surface area contributed by atoms with Crippen molar-refractivity contribution in [1.29, 1.82) is 0 Å². The van der Waals surface area contributed by atoms with E-state index in [0.717, 1.165) is 39.1 Å². The van der Waals surface area contributed by atoms with E-state index in [0.29, 0.717) is 6.54 Å². The lowest BCUT2D eigenvalue weighted by atomic mass is 10.0. The van der Waals surface area contributed by atoms with Crippen molar-refractivity contribution >= 4 is 5.97 Å². The molecule has 0 aliphatic carbocycles. The third kappa shape index (κ3) is 7.79. The number of aliphatic carboxylic acids is 1. The Balaban J connectivity index is 4.47. The van der Waals surface area contributed by atoms with Gasteiger partial charge in [0.1, 0.15) is 5.54 Å². The largest absolute Gasteiger partial charge is 0.480 e. The predicted molar refractivity (Wildman–Crippen MR) is 88.8 cm³/mol. The third-order valence-electron chi connectivity index (χ3n) is 3.91. The Bertz CT molecular complexity index is 293. The highest BCUT2D eigenvalue weighted by Gasteiger charge is 2.35. The van der Waals surface area contributed by atoms with E-state index in [1.807, 2.05) is 13.8 Å². The summed E-state index contributed by atoms with van der Waals surface area (Å²) in [6.07, 6.45) is 1.08. The van der Waals surface area contributed by atoms with E-state index in [2.05, 4.69) is 35.9 Å². The first-order valence-electron chi connectivity index (χ1n) is 8.24. The molecule has 2 N–H and O–H groups in total. The van der Waals surface area contributed by atoms with E-state index >= 15 is 0 Å². The lowest BCUT2D eigenvalue weighted by molar-refractivity contribution is -0.145. The molecule has 0 aliphatic rings. The summed E-state index contributed by atoms with van der Waals surface area (Å²) in [6.45, 7) is 17.8. The SMILES string of the molecule is CCN(CC)CCCN(CC)CC(C)(NC(C)C)C(=O)O. The number of nitrogens with one attached hydrogen (secondary N) is 1. The van der Waals surface area contributed by atoms with Crippen LogP contribution in [-0.4, -0.2) is 71.7 Å². The molecule has 0 aliphatic heterocycles. The maximum Gasteiger partial charge on any atom is 0.324 e. The lowest BCUT2D eigenvalue weighted by Crippen LogP contribution is -2.59. The van der Waals surface area contributed by atoms with E-state index < -0.39 is 11.5 Å². The first-order valence-corrected chi connectivity index (χ1v) is 8.24. The van der Waals surface area contributed by atoms with Crippen molar-refractivity contribution in [1.82, 2.24) is 15.1 Å². The Morgan fingerprint density at radius 2 is 1.57 bits per heavy atom. The highest BCUT2D eigenvalue weighted by Crippen LogP contribution is 2.10. The second kappa shape index (κ2) is 10.1. The van der Waals surface area contributed by atoms with Gasteiger partial charge in [0.2, 0.25) is 0 Å². The van der Waals surface area contributed by atoms with Gasteiger partial charge in [0.05, 0.1) is 0 Å². The van der Waals surface area contributed by atoms with Crippen LogP contribution in [0.15, 0.2) is 0 Å². The van der Waals surface area contributed by atoms with E-state index in [9.17, 15) is 9.90 Å². The van der Waals surface area contributed by atoms with E-state index in [1.54, 1.807) is 6.92 Å². The molecule has 0 amide bonds. The average molecular weight is 301 g/mol. The van der Waals surface area contributed by atoms with Crippen LogP contribution >= 0.6 is 0 Å². The molecule has 0 radical (unpaired) electrons. The van der Waals surface area contributed by atoms with Crippen molar-refractivity contribution in [2.75, 3.05) is 39.3 Å². The van der Waals surface area contributed by atoms with Gasteiger partial charge in [-0.1, -0.05) is 20.8 Å². The highest BCUT2D eigenvalue weighted by atomic mass is 16.4. The summed E-state index contributed by atoms with van der Waals surface area (Å²) in [5, 5.41) is 12.7. The van der Waals surface area contributed by atoms with Gasteiger partial charge >= 0.3 is 5.97 Å². The molecule has 0 aromatic rings. The van der Waals surface area contributed by atoms with Crippen LogP contribution in [0.3, 0.4) is 0 Å². The summed E-state index contributed by atoms with van der Waals surface area (Å²) < 4.78 is 0. The number of hydrogen-bond donors (Lipinski definition) is 2. The van der Waals surface area contributed by atoms with Gasteiger partial charge < -0.3 is 14.9 Å². The fraction of sp³-hybridized carbons (Fsp3) is 0.938. The van der Waals surface area contributed by atoms with E-state index in [4.69, 9.17) is 0 Å². The van der Waals surface area contributed by atoms with Gasteiger partial charge in [0.15, 0.2) is 0 Å². The predicted octanol–water partition coefficient (Wildman–Crippen LogP) is 1.88. The standard InChI is InChI=1S/C16H35N3O2/c1-7-18(8-2)11-10-12-19(9-3)13-16(6,15(20)21)17-14(4)5/h14,17H,7-13H2,1-6H3,(H,20,21). The quantitative estimate of drug-likeness (QED) is 0.576. The number of nitrogens with zero attached hydrogens (tertiary/aromatic N) is 2. The molecule has 0 heterocycles. The van der Waals surface area contributed by atoms with Gasteiger partial charge in [-0.15, -0.1) is 0 Å². The number of hydrogen-bond acceptors (Lipinski definition) is 4. The minimum Gasteiger partial charge on any atom is -0.480 e. The summed E-state index contributed by atoms with van der Waals surface area (Å²) in [5.74, 6) is -0.779. The van der Waals surface area contributed by atoms with Gasteiger partial charge in [-0.25, -0.2) is 0 Å². The van der Waals surface area contributed by atoms with Crippen LogP contribution in [0.2, 0.25) is 0 Å². The molecule has 126 valence electrons. The van der Waals surface area contributed by atoms with Crippen LogP contribution in [0.25, 0.3) is 0 Å². The second-order valence-corrected chi connectivity index (χ2v) is 6.19. The molecule has 0 rings (SSSR count). The van der Waals surface area contributed by atoms with Gasteiger partial charge in [-0.3, -0.25) is 10.1 Å². The molecule has 0 spiro atoms. The molecule has 1 unspecified atom stereocenters. The molecule has 21 heavy (non-hydrogen) atoms. The van der Waals surface area contributed by atoms with Crippen LogP contribution < -0.4 is 5.32 Å². The van der Waals surface area contributed by atoms with E-state index in [1.165, 1.54) is 0 Å². The molecule has 0 saturated heterocycles. The summed E-state index contributed by atoms with van der Waals surface area (Å²) in [5.41, 5.74) is -0.890. The maximum atomic E-state index is 11.6. The monoisotopic (exact) mass is 301 g/mol.